The van der Waals surface area contributed by atoms with Crippen LogP contribution < -0.4 is 4.74 Å². The molecule has 0 unspecified atom stereocenters. The van der Waals surface area contributed by atoms with Crippen LogP contribution in [0.5, 0.6) is 5.75 Å². The molecule has 0 spiro atoms. The first-order valence-electron chi connectivity index (χ1n) is 8.67. The highest BCUT2D eigenvalue weighted by Crippen LogP contribution is 2.27. The fourth-order valence-electron chi connectivity index (χ4n) is 2.79. The van der Waals surface area contributed by atoms with E-state index in [-0.39, 0.29) is 6.61 Å². The summed E-state index contributed by atoms with van der Waals surface area (Å²) in [6.45, 7) is 2.13. The maximum atomic E-state index is 10.6. The number of rotatable bonds is 6. The van der Waals surface area contributed by atoms with Gasteiger partial charge in [-0.3, -0.25) is 0 Å². The summed E-state index contributed by atoms with van der Waals surface area (Å²) in [6.07, 6.45) is 2.44. The average molecular weight is 375 g/mol. The van der Waals surface area contributed by atoms with Gasteiger partial charge in [-0.15, -0.1) is 0 Å². The Morgan fingerprint density at radius 1 is 1.14 bits per heavy atom. The lowest BCUT2D eigenvalue weighted by atomic mass is 10.2. The molecule has 0 radical (unpaired) electrons. The molecule has 6 heteroatoms. The van der Waals surface area contributed by atoms with Gasteiger partial charge in [0.25, 0.3) is 0 Å². The molecule has 6 nitrogen and oxygen atoms in total. The Balaban J connectivity index is 1.50. The lowest BCUT2D eigenvalue weighted by Crippen LogP contribution is -1.97. The summed E-state index contributed by atoms with van der Waals surface area (Å²) in [5.74, 6) is 1.38. The highest BCUT2D eigenvalue weighted by molar-refractivity contribution is 5.87. The molecule has 2 aromatic carbocycles. The Labute approximate surface area is 160 Å². The van der Waals surface area contributed by atoms with Crippen molar-refractivity contribution in [2.75, 3.05) is 0 Å². The average Bonchev–Trinajstić information content (AvgIpc) is 3.28. The van der Waals surface area contributed by atoms with Crippen LogP contribution in [-0.2, 0) is 11.4 Å². The number of aromatic nitrogens is 1. The number of nitrogens with zero attached hydrogens (tertiary/aromatic N) is 1. The number of hydrogen-bond acceptors (Lipinski definition) is 5. The SMILES string of the molecule is Cc1oc(-c2ccccc2)nc1COc1ccc2oc(C=CC(=O)O)cc2c1. The van der Waals surface area contributed by atoms with Gasteiger partial charge in [0, 0.05) is 17.0 Å². The molecule has 0 atom stereocenters. The molecular formula is C22H17NO5. The van der Waals surface area contributed by atoms with E-state index >= 15 is 0 Å². The van der Waals surface area contributed by atoms with E-state index < -0.39 is 5.97 Å². The van der Waals surface area contributed by atoms with Crippen molar-refractivity contribution in [1.29, 1.82) is 0 Å². The molecule has 28 heavy (non-hydrogen) atoms. The van der Waals surface area contributed by atoms with Crippen LogP contribution in [0.2, 0.25) is 0 Å². The first kappa shape index (κ1) is 17.6. The summed E-state index contributed by atoms with van der Waals surface area (Å²) in [6, 6.07) is 16.9. The first-order chi connectivity index (χ1) is 13.6. The van der Waals surface area contributed by atoms with E-state index in [0.717, 1.165) is 22.7 Å². The summed E-state index contributed by atoms with van der Waals surface area (Å²) in [5, 5.41) is 9.53. The van der Waals surface area contributed by atoms with Crippen LogP contribution in [0.4, 0.5) is 0 Å². The predicted octanol–water partition coefficient (Wildman–Crippen LogP) is 5.07. The molecule has 0 aliphatic rings. The Hall–Kier alpha value is -3.80. The monoisotopic (exact) mass is 375 g/mol. The summed E-state index contributed by atoms with van der Waals surface area (Å²) >= 11 is 0. The van der Waals surface area contributed by atoms with Crippen LogP contribution in [0.25, 0.3) is 28.5 Å². The molecule has 4 rings (SSSR count). The molecule has 2 aromatic heterocycles. The van der Waals surface area contributed by atoms with Crippen molar-refractivity contribution >= 4 is 23.0 Å². The Kier molecular flexibility index (Phi) is 4.68. The van der Waals surface area contributed by atoms with E-state index in [1.54, 1.807) is 18.2 Å². The number of ether oxygens (including phenoxy) is 1. The van der Waals surface area contributed by atoms with Gasteiger partial charge in [0.1, 0.15) is 35.2 Å². The van der Waals surface area contributed by atoms with Crippen LogP contribution >= 0.6 is 0 Å². The zero-order valence-corrected chi connectivity index (χ0v) is 15.1. The van der Waals surface area contributed by atoms with E-state index in [1.807, 2.05) is 43.3 Å². The molecule has 0 fully saturated rings. The number of hydrogen-bond donors (Lipinski definition) is 1. The Morgan fingerprint density at radius 2 is 1.96 bits per heavy atom. The normalized spacial score (nSPS) is 11.3. The zero-order chi connectivity index (χ0) is 19.5. The van der Waals surface area contributed by atoms with Crippen molar-refractivity contribution in [1.82, 2.24) is 4.98 Å². The maximum absolute atomic E-state index is 10.6. The number of carboxylic acids is 1. The number of oxazole rings is 1. The molecule has 0 bridgehead atoms. The summed E-state index contributed by atoms with van der Waals surface area (Å²) in [5.41, 5.74) is 2.30. The topological polar surface area (TPSA) is 85.7 Å². The third-order valence-electron chi connectivity index (χ3n) is 4.19. The molecule has 2 heterocycles. The van der Waals surface area contributed by atoms with E-state index in [9.17, 15) is 4.79 Å². The summed E-state index contributed by atoms with van der Waals surface area (Å²) in [4.78, 5) is 15.1. The van der Waals surface area contributed by atoms with E-state index in [2.05, 4.69) is 4.98 Å². The minimum Gasteiger partial charge on any atom is -0.487 e. The Morgan fingerprint density at radius 3 is 2.75 bits per heavy atom. The van der Waals surface area contributed by atoms with Crippen molar-refractivity contribution in [3.63, 3.8) is 0 Å². The molecule has 0 saturated heterocycles. The second-order valence-corrected chi connectivity index (χ2v) is 6.20. The smallest absolute Gasteiger partial charge is 0.328 e. The molecule has 4 aromatic rings. The number of carboxylic acid groups (broad SMARTS) is 1. The molecule has 0 aliphatic heterocycles. The van der Waals surface area contributed by atoms with Crippen molar-refractivity contribution in [3.8, 4) is 17.2 Å². The van der Waals surface area contributed by atoms with Gasteiger partial charge in [0.2, 0.25) is 5.89 Å². The fourth-order valence-corrected chi connectivity index (χ4v) is 2.79. The van der Waals surface area contributed by atoms with Crippen LogP contribution in [0, 0.1) is 6.92 Å². The largest absolute Gasteiger partial charge is 0.487 e. The lowest BCUT2D eigenvalue weighted by Gasteiger charge is -2.04. The minimum absolute atomic E-state index is 0.275. The van der Waals surface area contributed by atoms with Crippen LogP contribution in [-0.4, -0.2) is 16.1 Å². The van der Waals surface area contributed by atoms with Crippen molar-refractivity contribution in [2.24, 2.45) is 0 Å². The number of benzene rings is 2. The highest BCUT2D eigenvalue weighted by atomic mass is 16.5. The lowest BCUT2D eigenvalue weighted by molar-refractivity contribution is -0.131. The van der Waals surface area contributed by atoms with Gasteiger partial charge in [0.05, 0.1) is 0 Å². The maximum Gasteiger partial charge on any atom is 0.328 e. The first-order valence-corrected chi connectivity index (χ1v) is 8.67. The van der Waals surface area contributed by atoms with Crippen molar-refractivity contribution < 1.29 is 23.5 Å². The fraction of sp³-hybridized carbons (Fsp3) is 0.0909. The third kappa shape index (κ3) is 3.81. The number of aliphatic carboxylic acids is 1. The van der Waals surface area contributed by atoms with Gasteiger partial charge in [-0.1, -0.05) is 18.2 Å². The second kappa shape index (κ2) is 7.44. The van der Waals surface area contributed by atoms with Crippen LogP contribution in [0.1, 0.15) is 17.2 Å². The molecule has 1 N–H and O–H groups in total. The van der Waals surface area contributed by atoms with E-state index in [4.69, 9.17) is 18.7 Å². The summed E-state index contributed by atoms with van der Waals surface area (Å²) < 4.78 is 17.2. The van der Waals surface area contributed by atoms with Gasteiger partial charge < -0.3 is 18.7 Å². The number of fused-ring (bicyclic) bond motifs is 1. The predicted molar refractivity (Wildman–Crippen MR) is 104 cm³/mol. The molecule has 0 saturated carbocycles. The van der Waals surface area contributed by atoms with Crippen LogP contribution in [0.3, 0.4) is 0 Å². The highest BCUT2D eigenvalue weighted by Gasteiger charge is 2.12. The van der Waals surface area contributed by atoms with Gasteiger partial charge in [-0.25, -0.2) is 9.78 Å². The van der Waals surface area contributed by atoms with Crippen molar-refractivity contribution in [3.05, 3.63) is 77.9 Å². The molecular weight excluding hydrogens is 358 g/mol. The number of carbonyl (C=O) groups is 1. The quantitative estimate of drug-likeness (QED) is 0.473. The molecule has 0 amide bonds. The van der Waals surface area contributed by atoms with Crippen molar-refractivity contribution in [2.45, 2.75) is 13.5 Å². The van der Waals surface area contributed by atoms with E-state index in [1.165, 1.54) is 6.08 Å². The second-order valence-electron chi connectivity index (χ2n) is 6.20. The Bertz CT molecular complexity index is 1150. The van der Waals surface area contributed by atoms with Gasteiger partial charge >= 0.3 is 5.97 Å². The summed E-state index contributed by atoms with van der Waals surface area (Å²) in [7, 11) is 0. The third-order valence-corrected chi connectivity index (χ3v) is 4.19. The van der Waals surface area contributed by atoms with Crippen LogP contribution in [0.15, 0.2) is 69.5 Å². The van der Waals surface area contributed by atoms with Gasteiger partial charge in [-0.2, -0.15) is 0 Å². The van der Waals surface area contributed by atoms with Gasteiger partial charge in [0.15, 0.2) is 0 Å². The number of furan rings is 1. The number of aryl methyl sites for hydroxylation is 1. The molecule has 0 aliphatic carbocycles. The van der Waals surface area contributed by atoms with Gasteiger partial charge in [-0.05, 0) is 49.4 Å². The minimum atomic E-state index is -1.03. The standard InChI is InChI=1S/C22H17NO5/c1-14-19(23-22(27-14)15-5-3-2-4-6-15)13-26-17-7-9-20-16(11-17)12-18(28-20)8-10-21(24)25/h2-12H,13H2,1H3,(H,24,25). The van der Waals surface area contributed by atoms with E-state index in [0.29, 0.717) is 28.7 Å². The zero-order valence-electron chi connectivity index (χ0n) is 15.1. The molecule has 140 valence electrons.